The minimum absolute atomic E-state index is 0.0291. The van der Waals surface area contributed by atoms with Crippen LogP contribution in [0.3, 0.4) is 0 Å². The molecule has 0 spiro atoms. The topological polar surface area (TPSA) is 77.7 Å². The van der Waals surface area contributed by atoms with Gasteiger partial charge in [0.05, 0.1) is 10.8 Å². The minimum atomic E-state index is -0.750. The summed E-state index contributed by atoms with van der Waals surface area (Å²) in [6, 6.07) is 24.7. The second-order valence-corrected chi connectivity index (χ2v) is 16.0. The van der Waals surface area contributed by atoms with E-state index in [0.29, 0.717) is 17.8 Å². The van der Waals surface area contributed by atoms with E-state index in [4.69, 9.17) is 16.4 Å². The van der Waals surface area contributed by atoms with E-state index in [-0.39, 0.29) is 22.2 Å². The first-order chi connectivity index (χ1) is 22.0. The van der Waals surface area contributed by atoms with Crippen molar-refractivity contribution in [3.63, 3.8) is 0 Å². The number of carbonyl (C=O) groups is 3. The Labute approximate surface area is 279 Å². The second-order valence-electron chi connectivity index (χ2n) is 11.2. The maximum atomic E-state index is 15.5. The maximum Gasteiger partial charge on any atom is 0.332 e. The van der Waals surface area contributed by atoms with Crippen molar-refractivity contribution in [3.8, 4) is 0 Å². The molecule has 6 nitrogen and oxygen atoms in total. The summed E-state index contributed by atoms with van der Waals surface area (Å²) < 4.78 is 17.0. The summed E-state index contributed by atoms with van der Waals surface area (Å²) in [5.41, 5.74) is 4.26. The number of hydrogen-bond acceptors (Lipinski definition) is 7. The summed E-state index contributed by atoms with van der Waals surface area (Å²) in [7, 11) is 0. The van der Waals surface area contributed by atoms with E-state index in [0.717, 1.165) is 39.0 Å². The smallest absolute Gasteiger partial charge is 0.332 e. The number of Topliss-reactive ketones (excluding diaryl/α,β-unsaturated/α-hetero) is 1. The lowest BCUT2D eigenvalue weighted by Gasteiger charge is -2.13. The van der Waals surface area contributed by atoms with Crippen molar-refractivity contribution in [2.45, 2.75) is 48.3 Å². The number of rotatable bonds is 8. The van der Waals surface area contributed by atoms with Crippen molar-refractivity contribution in [3.05, 3.63) is 119 Å². The van der Waals surface area contributed by atoms with Gasteiger partial charge in [-0.25, -0.2) is 9.18 Å². The van der Waals surface area contributed by atoms with Gasteiger partial charge in [-0.1, -0.05) is 66.1 Å². The zero-order chi connectivity index (χ0) is 32.7. The molecule has 10 heteroatoms. The summed E-state index contributed by atoms with van der Waals surface area (Å²) in [6.07, 6.45) is 0. The summed E-state index contributed by atoms with van der Waals surface area (Å²) in [5.74, 6) is -1.97. The number of alkyl halides is 1. The maximum absolute atomic E-state index is 15.5. The lowest BCUT2D eigenvalue weighted by Crippen LogP contribution is -2.23. The Morgan fingerprint density at radius 1 is 0.891 bits per heavy atom. The standard InChI is InChI=1S/C36H30ClFN2O4S2/c1-5-40-30-15-12-23(32(39-44-21(3)41)22-9-7-6-8-10-22)17-27(30)28-18-24(13-16-31(28)40)33(42)26-14-11-25(19-29(26)38)34(43)35-20(2)45-36(4,37)46-35/h6-20,35H,5H2,1-4H3. The Kier molecular flexibility index (Phi) is 8.85. The molecule has 3 unspecified atom stereocenters. The number of oxime groups is 1. The first-order valence-corrected chi connectivity index (χ1v) is 16.9. The third-order valence-corrected chi connectivity index (χ3v) is 11.6. The first kappa shape index (κ1) is 32.0. The van der Waals surface area contributed by atoms with Crippen LogP contribution in [-0.4, -0.2) is 41.9 Å². The number of halogens is 2. The number of carbonyl (C=O) groups excluding carboxylic acids is 3. The fourth-order valence-electron chi connectivity index (χ4n) is 5.89. The highest BCUT2D eigenvalue weighted by Gasteiger charge is 2.44. The van der Waals surface area contributed by atoms with Gasteiger partial charge in [-0.3, -0.25) is 9.59 Å². The molecule has 6 rings (SSSR count). The SMILES string of the molecule is CCn1c2ccc(C(=O)c3ccc(C(=O)C4SC(C)(Cl)SC4C)cc3F)cc2c2cc(C(=NOC(C)=O)c3ccccc3)ccc21. The number of aryl methyl sites for hydroxylation is 1. The van der Waals surface area contributed by atoms with E-state index >= 15 is 4.39 Å². The van der Waals surface area contributed by atoms with Crippen LogP contribution in [0, 0.1) is 5.82 Å². The van der Waals surface area contributed by atoms with E-state index in [2.05, 4.69) is 9.72 Å². The zero-order valence-electron chi connectivity index (χ0n) is 25.5. The molecule has 4 aromatic carbocycles. The normalized spacial score (nSPS) is 19.9. The average Bonchev–Trinajstić information content (AvgIpc) is 3.51. The zero-order valence-corrected chi connectivity index (χ0v) is 27.9. The van der Waals surface area contributed by atoms with Crippen LogP contribution in [0.25, 0.3) is 21.8 Å². The van der Waals surface area contributed by atoms with Gasteiger partial charge >= 0.3 is 5.97 Å². The minimum Gasteiger partial charge on any atom is -0.341 e. The van der Waals surface area contributed by atoms with Crippen LogP contribution >= 0.6 is 35.1 Å². The number of aromatic nitrogens is 1. The number of benzene rings is 4. The van der Waals surface area contributed by atoms with Crippen molar-refractivity contribution in [2.24, 2.45) is 5.16 Å². The van der Waals surface area contributed by atoms with E-state index in [1.807, 2.05) is 75.4 Å². The van der Waals surface area contributed by atoms with E-state index in [9.17, 15) is 14.4 Å². The Balaban J connectivity index is 1.39. The van der Waals surface area contributed by atoms with E-state index in [1.165, 1.54) is 42.6 Å². The second kappa shape index (κ2) is 12.7. The predicted molar refractivity (Wildman–Crippen MR) is 186 cm³/mol. The van der Waals surface area contributed by atoms with Crippen LogP contribution in [-0.2, 0) is 16.2 Å². The fraction of sp³-hybridized carbons (Fsp3) is 0.222. The van der Waals surface area contributed by atoms with E-state index < -0.39 is 26.4 Å². The average molecular weight is 673 g/mol. The fourth-order valence-corrected chi connectivity index (χ4v) is 9.73. The monoisotopic (exact) mass is 672 g/mol. The highest BCUT2D eigenvalue weighted by molar-refractivity contribution is 8.24. The van der Waals surface area contributed by atoms with E-state index in [1.54, 1.807) is 12.1 Å². The molecule has 2 heterocycles. The highest BCUT2D eigenvalue weighted by Crippen LogP contribution is 2.55. The van der Waals surface area contributed by atoms with Gasteiger partial charge in [-0.15, -0.1) is 23.5 Å². The van der Waals surface area contributed by atoms with Crippen LogP contribution < -0.4 is 0 Å². The predicted octanol–water partition coefficient (Wildman–Crippen LogP) is 8.83. The molecular formula is C36H30ClFN2O4S2. The number of fused-ring (bicyclic) bond motifs is 3. The third-order valence-electron chi connectivity index (χ3n) is 7.95. The van der Waals surface area contributed by atoms with Gasteiger partial charge in [-0.05, 0) is 56.3 Å². The summed E-state index contributed by atoms with van der Waals surface area (Å²) in [4.78, 5) is 43.6. The molecular weight excluding hydrogens is 643 g/mol. The molecule has 1 aliphatic rings. The molecule has 5 aromatic rings. The number of ketones is 2. The van der Waals surface area contributed by atoms with Gasteiger partial charge < -0.3 is 9.40 Å². The largest absolute Gasteiger partial charge is 0.341 e. The molecule has 1 aliphatic heterocycles. The summed E-state index contributed by atoms with van der Waals surface area (Å²) >= 11 is 9.32. The van der Waals surface area contributed by atoms with Gasteiger partial charge in [0.2, 0.25) is 0 Å². The van der Waals surface area contributed by atoms with Gasteiger partial charge in [-0.2, -0.15) is 0 Å². The Morgan fingerprint density at radius 2 is 1.52 bits per heavy atom. The molecule has 0 amide bonds. The quantitative estimate of drug-likeness (QED) is 0.0539. The van der Waals surface area contributed by atoms with Crippen LogP contribution in [0.15, 0.2) is 90.1 Å². The molecule has 3 atom stereocenters. The molecule has 1 fully saturated rings. The molecule has 0 aliphatic carbocycles. The van der Waals surface area contributed by atoms with Crippen LogP contribution in [0.5, 0.6) is 0 Å². The van der Waals surface area contributed by atoms with Gasteiger partial charge in [0.15, 0.2) is 11.6 Å². The molecule has 46 heavy (non-hydrogen) atoms. The molecule has 1 aromatic heterocycles. The number of hydrogen-bond donors (Lipinski definition) is 0. The van der Waals surface area contributed by atoms with Crippen molar-refractivity contribution >= 4 is 80.2 Å². The molecule has 0 radical (unpaired) electrons. The number of nitrogens with zero attached hydrogens (tertiary/aromatic N) is 2. The lowest BCUT2D eigenvalue weighted by atomic mass is 9.97. The molecule has 1 saturated heterocycles. The van der Waals surface area contributed by atoms with Gasteiger partial charge in [0.1, 0.15) is 15.1 Å². The van der Waals surface area contributed by atoms with Crippen LogP contribution in [0.4, 0.5) is 4.39 Å². The first-order valence-electron chi connectivity index (χ1n) is 14.8. The van der Waals surface area contributed by atoms with Crippen LogP contribution in [0.2, 0.25) is 0 Å². The number of thioether (sulfide) groups is 2. The van der Waals surface area contributed by atoms with Crippen molar-refractivity contribution in [2.75, 3.05) is 0 Å². The summed E-state index contributed by atoms with van der Waals surface area (Å²) in [5, 5.41) is 5.40. The summed E-state index contributed by atoms with van der Waals surface area (Å²) in [6.45, 7) is 7.80. The molecule has 0 bridgehead atoms. The molecule has 0 N–H and O–H groups in total. The Morgan fingerprint density at radius 3 is 2.11 bits per heavy atom. The van der Waals surface area contributed by atoms with Gasteiger partial charge in [0, 0.05) is 62.8 Å². The molecule has 234 valence electrons. The van der Waals surface area contributed by atoms with Crippen LogP contribution in [0.1, 0.15) is 65.1 Å². The highest BCUT2D eigenvalue weighted by atomic mass is 35.5. The Bertz CT molecular complexity index is 2060. The lowest BCUT2D eigenvalue weighted by molar-refractivity contribution is -0.140. The van der Waals surface area contributed by atoms with Crippen molar-refractivity contribution in [1.82, 2.24) is 4.57 Å². The Hall–Kier alpha value is -3.92. The van der Waals surface area contributed by atoms with Crippen molar-refractivity contribution < 1.29 is 23.6 Å². The third kappa shape index (κ3) is 6.11. The van der Waals surface area contributed by atoms with Gasteiger partial charge in [0.25, 0.3) is 0 Å². The molecule has 0 saturated carbocycles. The van der Waals surface area contributed by atoms with Crippen molar-refractivity contribution in [1.29, 1.82) is 0 Å².